The van der Waals surface area contributed by atoms with Crippen molar-refractivity contribution in [2.45, 2.75) is 19.4 Å². The van der Waals surface area contributed by atoms with Gasteiger partial charge in [0.1, 0.15) is 5.75 Å². The zero-order valence-corrected chi connectivity index (χ0v) is 12.0. The average Bonchev–Trinajstić information content (AvgIpc) is 2.82. The summed E-state index contributed by atoms with van der Waals surface area (Å²) in [6.45, 7) is 3.18. The molecular weight excluding hydrogens is 298 g/mol. The average molecular weight is 314 g/mol. The van der Waals surface area contributed by atoms with Gasteiger partial charge < -0.3 is 14.8 Å². The molecule has 0 radical (unpaired) electrons. The molecule has 0 bridgehead atoms. The second-order valence-corrected chi connectivity index (χ2v) is 5.14. The van der Waals surface area contributed by atoms with Gasteiger partial charge in [-0.1, -0.05) is 0 Å². The maximum absolute atomic E-state index is 12.3. The van der Waals surface area contributed by atoms with Gasteiger partial charge in [0.05, 0.1) is 25.3 Å². The fraction of sp³-hybridized carbons (Fsp3) is 0.462. The molecule has 1 aliphatic rings. The third kappa shape index (κ3) is 2.67. The molecule has 1 amide bonds. The van der Waals surface area contributed by atoms with Crippen molar-refractivity contribution in [2.24, 2.45) is 0 Å². The number of carbonyl (C=O) groups excluding carboxylic acids is 1. The van der Waals surface area contributed by atoms with E-state index >= 15 is 0 Å². The summed E-state index contributed by atoms with van der Waals surface area (Å²) in [4.78, 5) is 12.3. The molecule has 0 aliphatic carbocycles. The summed E-state index contributed by atoms with van der Waals surface area (Å²) < 4.78 is 11.3. The van der Waals surface area contributed by atoms with Crippen LogP contribution in [-0.2, 0) is 4.74 Å². The van der Waals surface area contributed by atoms with E-state index in [2.05, 4.69) is 21.2 Å². The molecule has 1 fully saturated rings. The molecule has 98 valence electrons. The van der Waals surface area contributed by atoms with Crippen LogP contribution in [0.1, 0.15) is 22.3 Å². The molecular formula is C13H16BrNO3. The van der Waals surface area contributed by atoms with Crippen molar-refractivity contribution in [1.82, 2.24) is 5.32 Å². The molecule has 18 heavy (non-hydrogen) atoms. The Hall–Kier alpha value is -1.07. The van der Waals surface area contributed by atoms with Crippen LogP contribution in [0.5, 0.6) is 5.75 Å². The minimum absolute atomic E-state index is 0.0891. The number of rotatable bonds is 3. The Bertz CT molecular complexity index is 456. The van der Waals surface area contributed by atoms with Crippen molar-refractivity contribution in [2.75, 3.05) is 20.3 Å². The molecule has 1 unspecified atom stereocenters. The Morgan fingerprint density at radius 2 is 2.33 bits per heavy atom. The van der Waals surface area contributed by atoms with Crippen LogP contribution in [-0.4, -0.2) is 32.3 Å². The third-order valence-corrected chi connectivity index (χ3v) is 3.74. The quantitative estimate of drug-likeness (QED) is 0.931. The van der Waals surface area contributed by atoms with Crippen molar-refractivity contribution in [3.05, 3.63) is 27.7 Å². The monoisotopic (exact) mass is 313 g/mol. The minimum Gasteiger partial charge on any atom is -0.496 e. The molecule has 0 aromatic heterocycles. The zero-order valence-electron chi connectivity index (χ0n) is 10.5. The summed E-state index contributed by atoms with van der Waals surface area (Å²) in [7, 11) is 1.60. The summed E-state index contributed by atoms with van der Waals surface area (Å²) in [5, 5.41) is 2.98. The number of benzene rings is 1. The number of hydrogen-bond acceptors (Lipinski definition) is 3. The van der Waals surface area contributed by atoms with Gasteiger partial charge in [0.25, 0.3) is 5.91 Å². The predicted octanol–water partition coefficient (Wildman–Crippen LogP) is 2.28. The summed E-state index contributed by atoms with van der Waals surface area (Å²) in [6.07, 6.45) is 0.867. The van der Waals surface area contributed by atoms with Gasteiger partial charge in [-0.15, -0.1) is 0 Å². The van der Waals surface area contributed by atoms with Crippen molar-refractivity contribution in [1.29, 1.82) is 0 Å². The fourth-order valence-corrected chi connectivity index (χ4v) is 2.67. The molecule has 1 heterocycles. The summed E-state index contributed by atoms with van der Waals surface area (Å²) in [6, 6.07) is 3.77. The highest BCUT2D eigenvalue weighted by atomic mass is 79.9. The van der Waals surface area contributed by atoms with E-state index in [4.69, 9.17) is 9.47 Å². The Morgan fingerprint density at radius 1 is 1.56 bits per heavy atom. The van der Waals surface area contributed by atoms with Gasteiger partial charge in [0.2, 0.25) is 0 Å². The number of nitrogens with one attached hydrogen (secondary N) is 1. The summed E-state index contributed by atoms with van der Waals surface area (Å²) in [5.41, 5.74) is 1.46. The van der Waals surface area contributed by atoms with Crippen molar-refractivity contribution >= 4 is 21.8 Å². The Labute approximate surface area is 115 Å². The minimum atomic E-state index is -0.0891. The van der Waals surface area contributed by atoms with Gasteiger partial charge in [0.15, 0.2) is 0 Å². The van der Waals surface area contributed by atoms with E-state index in [1.54, 1.807) is 7.11 Å². The van der Waals surface area contributed by atoms with E-state index in [9.17, 15) is 4.79 Å². The molecule has 2 rings (SSSR count). The van der Waals surface area contributed by atoms with Crippen molar-refractivity contribution in [3.8, 4) is 5.75 Å². The van der Waals surface area contributed by atoms with Crippen LogP contribution in [0.4, 0.5) is 0 Å². The molecule has 1 aliphatic heterocycles. The zero-order chi connectivity index (χ0) is 13.1. The lowest BCUT2D eigenvalue weighted by Gasteiger charge is -2.15. The SMILES string of the molecule is COc1ccc(Br)c(C(=O)NC2CCOC2)c1C. The number of ether oxygens (including phenoxy) is 2. The third-order valence-electron chi connectivity index (χ3n) is 3.08. The van der Waals surface area contributed by atoms with E-state index in [-0.39, 0.29) is 11.9 Å². The van der Waals surface area contributed by atoms with E-state index < -0.39 is 0 Å². The van der Waals surface area contributed by atoms with Gasteiger partial charge in [-0.2, -0.15) is 0 Å². The standard InChI is InChI=1S/C13H16BrNO3/c1-8-11(17-2)4-3-10(14)12(8)13(16)15-9-5-6-18-7-9/h3-4,9H,5-7H2,1-2H3,(H,15,16). The normalized spacial score (nSPS) is 18.7. The first-order valence-corrected chi connectivity index (χ1v) is 6.64. The van der Waals surface area contributed by atoms with Crippen LogP contribution in [0, 0.1) is 6.92 Å². The number of methoxy groups -OCH3 is 1. The van der Waals surface area contributed by atoms with E-state index in [0.717, 1.165) is 16.5 Å². The molecule has 1 aromatic rings. The van der Waals surface area contributed by atoms with Crippen LogP contribution in [0.25, 0.3) is 0 Å². The first kappa shape index (κ1) is 13.4. The summed E-state index contributed by atoms with van der Waals surface area (Å²) >= 11 is 3.41. The lowest BCUT2D eigenvalue weighted by Crippen LogP contribution is -2.35. The maximum Gasteiger partial charge on any atom is 0.253 e. The number of amides is 1. The van der Waals surface area contributed by atoms with Gasteiger partial charge in [-0.25, -0.2) is 0 Å². The molecule has 5 heteroatoms. The topological polar surface area (TPSA) is 47.6 Å². The molecule has 1 N–H and O–H groups in total. The molecule has 1 atom stereocenters. The van der Waals surface area contributed by atoms with Crippen LogP contribution >= 0.6 is 15.9 Å². The van der Waals surface area contributed by atoms with Gasteiger partial charge in [0, 0.05) is 16.6 Å². The maximum atomic E-state index is 12.3. The number of halogens is 1. The van der Waals surface area contributed by atoms with Crippen molar-refractivity contribution < 1.29 is 14.3 Å². The highest BCUT2D eigenvalue weighted by molar-refractivity contribution is 9.10. The van der Waals surface area contributed by atoms with E-state index in [0.29, 0.717) is 24.5 Å². The lowest BCUT2D eigenvalue weighted by molar-refractivity contribution is 0.0928. The first-order valence-electron chi connectivity index (χ1n) is 5.85. The number of carbonyl (C=O) groups is 1. The van der Waals surface area contributed by atoms with Crippen LogP contribution in [0.15, 0.2) is 16.6 Å². The van der Waals surface area contributed by atoms with Crippen LogP contribution in [0.2, 0.25) is 0 Å². The largest absolute Gasteiger partial charge is 0.496 e. The number of hydrogen-bond donors (Lipinski definition) is 1. The van der Waals surface area contributed by atoms with Gasteiger partial charge in [-0.05, 0) is 41.4 Å². The Morgan fingerprint density at radius 3 is 2.94 bits per heavy atom. The highest BCUT2D eigenvalue weighted by Crippen LogP contribution is 2.28. The second-order valence-electron chi connectivity index (χ2n) is 4.28. The first-order chi connectivity index (χ1) is 8.63. The lowest BCUT2D eigenvalue weighted by atomic mass is 10.1. The highest BCUT2D eigenvalue weighted by Gasteiger charge is 2.22. The van der Waals surface area contributed by atoms with Crippen LogP contribution < -0.4 is 10.1 Å². The molecule has 1 aromatic carbocycles. The van der Waals surface area contributed by atoms with E-state index in [1.807, 2.05) is 19.1 Å². The predicted molar refractivity (Wildman–Crippen MR) is 72.1 cm³/mol. The second kappa shape index (κ2) is 5.71. The molecule has 1 saturated heterocycles. The van der Waals surface area contributed by atoms with E-state index in [1.165, 1.54) is 0 Å². The van der Waals surface area contributed by atoms with Gasteiger partial charge >= 0.3 is 0 Å². The molecule has 4 nitrogen and oxygen atoms in total. The van der Waals surface area contributed by atoms with Gasteiger partial charge in [-0.3, -0.25) is 4.79 Å². The smallest absolute Gasteiger partial charge is 0.253 e. The van der Waals surface area contributed by atoms with Crippen molar-refractivity contribution in [3.63, 3.8) is 0 Å². The Kier molecular flexibility index (Phi) is 4.24. The summed E-state index contributed by atoms with van der Waals surface area (Å²) in [5.74, 6) is 0.625. The fourth-order valence-electron chi connectivity index (χ4n) is 2.07. The molecule has 0 saturated carbocycles. The Balaban J connectivity index is 2.23. The molecule has 0 spiro atoms. The van der Waals surface area contributed by atoms with Crippen LogP contribution in [0.3, 0.4) is 0 Å².